The topological polar surface area (TPSA) is 120 Å². The molecule has 3 aromatic carbocycles. The summed E-state index contributed by atoms with van der Waals surface area (Å²) in [7, 11) is 0. The number of hydrogen-bond acceptors (Lipinski definition) is 7. The van der Waals surface area contributed by atoms with Gasteiger partial charge in [0, 0.05) is 31.3 Å². The van der Waals surface area contributed by atoms with Crippen LogP contribution in [0.3, 0.4) is 0 Å². The second-order valence-corrected chi connectivity index (χ2v) is 14.6. The summed E-state index contributed by atoms with van der Waals surface area (Å²) in [6.07, 6.45) is 6.74. The summed E-state index contributed by atoms with van der Waals surface area (Å²) < 4.78 is 14.0. The van der Waals surface area contributed by atoms with E-state index in [1.165, 1.54) is 44.8 Å². The zero-order chi connectivity index (χ0) is 34.3. The fourth-order valence-corrected chi connectivity index (χ4v) is 8.34. The molecule has 3 saturated heterocycles. The number of phenolic OH excluding ortho intramolecular Hbond substituents is 1. The molecule has 2 bridgehead atoms. The number of phenols is 1. The standard InChI is InChI=1S/C40H53N3O6/c1-29(41-24-38(46)33-15-16-37(45)36(23-33)42-28-44)31-13-11-30(12-14-31)26-48-22-21-43-19-17-32(18-20-43)39(25-43)49-27-40(47,35-9-5-6-10-35)34-7-3-2-4-8-34/h2-4,7-8,11-16,23,28-29,32,35,38-39,41,46-47H,5-6,9-10,17-22,24-27H2,1H3,(H-,42,44,45)/p+1/t29?,32?,38-,39-,40?,43?/m0/s1. The van der Waals surface area contributed by atoms with Gasteiger partial charge in [0.25, 0.3) is 0 Å². The Bertz CT molecular complexity index is 1490. The number of amides is 1. The highest BCUT2D eigenvalue weighted by Crippen LogP contribution is 2.42. The molecule has 4 aliphatic rings. The number of nitrogens with zero attached hydrogens (tertiary/aromatic N) is 1. The number of aromatic hydroxyl groups is 1. The first-order valence-electron chi connectivity index (χ1n) is 18.1. The number of aliphatic hydroxyl groups is 2. The zero-order valence-electron chi connectivity index (χ0n) is 28.8. The highest BCUT2D eigenvalue weighted by molar-refractivity contribution is 5.75. The van der Waals surface area contributed by atoms with Crippen LogP contribution in [-0.2, 0) is 26.5 Å². The molecule has 5 N–H and O–H groups in total. The molecular weight excluding hydrogens is 618 g/mol. The molecule has 3 aliphatic heterocycles. The van der Waals surface area contributed by atoms with Crippen LogP contribution in [0.25, 0.3) is 0 Å². The fourth-order valence-electron chi connectivity index (χ4n) is 8.34. The van der Waals surface area contributed by atoms with E-state index < -0.39 is 11.7 Å². The van der Waals surface area contributed by atoms with Gasteiger partial charge in [0.1, 0.15) is 30.5 Å². The Balaban J connectivity index is 0.949. The predicted octanol–water partition coefficient (Wildman–Crippen LogP) is 5.56. The van der Waals surface area contributed by atoms with Crippen LogP contribution in [0.15, 0.2) is 72.8 Å². The molecule has 0 spiro atoms. The third kappa shape index (κ3) is 8.53. The maximum Gasteiger partial charge on any atom is 0.211 e. The Kier molecular flexibility index (Phi) is 11.7. The molecule has 3 heterocycles. The maximum absolute atomic E-state index is 12.0. The van der Waals surface area contributed by atoms with Crippen molar-refractivity contribution in [1.29, 1.82) is 0 Å². The summed E-state index contributed by atoms with van der Waals surface area (Å²) in [5.74, 6) is 0.790. The fraction of sp³-hybridized carbons (Fsp3) is 0.525. The number of hydrogen-bond donors (Lipinski definition) is 5. The van der Waals surface area contributed by atoms with E-state index in [0.717, 1.165) is 47.1 Å². The largest absolute Gasteiger partial charge is 0.506 e. The van der Waals surface area contributed by atoms with Gasteiger partial charge in [0.05, 0.1) is 44.7 Å². The third-order valence-corrected chi connectivity index (χ3v) is 11.6. The third-order valence-electron chi connectivity index (χ3n) is 11.6. The summed E-state index contributed by atoms with van der Waals surface area (Å²) in [5.41, 5.74) is 3.18. The van der Waals surface area contributed by atoms with E-state index in [2.05, 4.69) is 54.0 Å². The van der Waals surface area contributed by atoms with Crippen LogP contribution >= 0.6 is 0 Å². The maximum atomic E-state index is 12.0. The van der Waals surface area contributed by atoms with Gasteiger partial charge in [0.15, 0.2) is 0 Å². The molecule has 264 valence electrons. The van der Waals surface area contributed by atoms with Crippen molar-refractivity contribution in [3.63, 3.8) is 0 Å². The summed E-state index contributed by atoms with van der Waals surface area (Å²) in [5, 5.41) is 38.4. The molecule has 0 aromatic heterocycles. The first-order valence-corrected chi connectivity index (χ1v) is 18.1. The van der Waals surface area contributed by atoms with Crippen LogP contribution in [0, 0.1) is 11.8 Å². The lowest BCUT2D eigenvalue weighted by molar-refractivity contribution is -0.946. The first kappa shape index (κ1) is 35.5. The SMILES string of the molecule is CC(NC[C@H](O)c1ccc(O)c(NC=O)c1)c1ccc(COCC[N+]23CCC(CC2)[C@@H](OCC(O)(c2ccccc2)C2CCCC2)C3)cc1. The Labute approximate surface area is 290 Å². The number of fused-ring (bicyclic) bond motifs is 3. The first-order chi connectivity index (χ1) is 23.8. The number of piperidine rings is 3. The highest BCUT2D eigenvalue weighted by atomic mass is 16.5. The number of rotatable bonds is 17. The van der Waals surface area contributed by atoms with Crippen LogP contribution in [0.1, 0.15) is 79.8 Å². The van der Waals surface area contributed by atoms with Crippen LogP contribution in [-0.4, -0.2) is 78.3 Å². The van der Waals surface area contributed by atoms with Crippen LogP contribution in [0.4, 0.5) is 5.69 Å². The molecule has 2 unspecified atom stereocenters. The Hall–Kier alpha value is -3.31. The van der Waals surface area contributed by atoms with E-state index in [9.17, 15) is 20.1 Å². The molecule has 1 aliphatic carbocycles. The number of aliphatic hydroxyl groups excluding tert-OH is 1. The molecule has 3 aromatic rings. The second kappa shape index (κ2) is 16.1. The molecule has 4 atom stereocenters. The van der Waals surface area contributed by atoms with Crippen LogP contribution < -0.4 is 10.6 Å². The quantitative estimate of drug-likeness (QED) is 0.0551. The Morgan fingerprint density at radius 2 is 1.69 bits per heavy atom. The minimum atomic E-state index is -0.920. The lowest BCUT2D eigenvalue weighted by atomic mass is 9.80. The predicted molar refractivity (Wildman–Crippen MR) is 190 cm³/mol. The summed E-state index contributed by atoms with van der Waals surface area (Å²) >= 11 is 0. The lowest BCUT2D eigenvalue weighted by Crippen LogP contribution is -2.65. The van der Waals surface area contributed by atoms with E-state index in [-0.39, 0.29) is 29.5 Å². The molecule has 1 amide bonds. The molecular formula is C40H54N3O6+. The Morgan fingerprint density at radius 3 is 2.41 bits per heavy atom. The summed E-state index contributed by atoms with van der Waals surface area (Å²) in [4.78, 5) is 10.8. The van der Waals surface area contributed by atoms with Crippen molar-refractivity contribution in [1.82, 2.24) is 5.32 Å². The molecule has 7 rings (SSSR count). The van der Waals surface area contributed by atoms with Crippen molar-refractivity contribution in [2.75, 3.05) is 51.3 Å². The molecule has 49 heavy (non-hydrogen) atoms. The van der Waals surface area contributed by atoms with Crippen molar-refractivity contribution in [2.24, 2.45) is 11.8 Å². The highest BCUT2D eigenvalue weighted by Gasteiger charge is 2.48. The number of quaternary nitrogens is 1. The van der Waals surface area contributed by atoms with Crippen molar-refractivity contribution in [3.05, 3.63) is 95.1 Å². The van der Waals surface area contributed by atoms with Crippen molar-refractivity contribution >= 4 is 12.1 Å². The average Bonchev–Trinajstić information content (AvgIpc) is 3.70. The van der Waals surface area contributed by atoms with Crippen LogP contribution in [0.5, 0.6) is 5.75 Å². The van der Waals surface area contributed by atoms with E-state index in [0.29, 0.717) is 44.3 Å². The molecule has 0 radical (unpaired) electrons. The van der Waals surface area contributed by atoms with Gasteiger partial charge in [0.2, 0.25) is 6.41 Å². The van der Waals surface area contributed by atoms with E-state index in [1.807, 2.05) is 18.2 Å². The van der Waals surface area contributed by atoms with Gasteiger partial charge in [-0.05, 0) is 60.1 Å². The smallest absolute Gasteiger partial charge is 0.211 e. The minimum Gasteiger partial charge on any atom is -0.506 e. The second-order valence-electron chi connectivity index (χ2n) is 14.6. The van der Waals surface area contributed by atoms with Crippen molar-refractivity contribution < 1.29 is 34.1 Å². The number of anilines is 1. The van der Waals surface area contributed by atoms with Crippen LogP contribution in [0.2, 0.25) is 0 Å². The van der Waals surface area contributed by atoms with Gasteiger partial charge in [-0.25, -0.2) is 0 Å². The summed E-state index contributed by atoms with van der Waals surface area (Å²) in [6, 6.07) is 23.3. The molecule has 9 nitrogen and oxygen atoms in total. The van der Waals surface area contributed by atoms with E-state index in [1.54, 1.807) is 12.1 Å². The number of carbonyl (C=O) groups is 1. The number of ether oxygens (including phenoxy) is 2. The van der Waals surface area contributed by atoms with Gasteiger partial charge in [-0.3, -0.25) is 4.79 Å². The van der Waals surface area contributed by atoms with Gasteiger partial charge in [-0.2, -0.15) is 0 Å². The molecule has 9 heteroatoms. The zero-order valence-corrected chi connectivity index (χ0v) is 28.8. The minimum absolute atomic E-state index is 0.0177. The molecule has 1 saturated carbocycles. The number of carbonyl (C=O) groups excluding carboxylic acids is 1. The lowest BCUT2D eigenvalue weighted by Gasteiger charge is -2.52. The van der Waals surface area contributed by atoms with E-state index in [4.69, 9.17) is 9.47 Å². The van der Waals surface area contributed by atoms with Crippen molar-refractivity contribution in [3.8, 4) is 5.75 Å². The van der Waals surface area contributed by atoms with Crippen molar-refractivity contribution in [2.45, 2.75) is 75.9 Å². The molecule has 4 fully saturated rings. The van der Waals surface area contributed by atoms with Gasteiger partial charge < -0.3 is 39.9 Å². The monoisotopic (exact) mass is 672 g/mol. The summed E-state index contributed by atoms with van der Waals surface area (Å²) in [6.45, 7) is 8.35. The van der Waals surface area contributed by atoms with Gasteiger partial charge >= 0.3 is 0 Å². The number of nitrogens with one attached hydrogen (secondary N) is 2. The van der Waals surface area contributed by atoms with Gasteiger partial charge in [-0.15, -0.1) is 0 Å². The normalized spacial score (nSPS) is 24.7. The average molecular weight is 673 g/mol. The number of benzene rings is 3. The Morgan fingerprint density at radius 1 is 0.980 bits per heavy atom. The van der Waals surface area contributed by atoms with Gasteiger partial charge in [-0.1, -0.05) is 73.5 Å². The van der Waals surface area contributed by atoms with E-state index >= 15 is 0 Å².